The minimum atomic E-state index is 0.693. The predicted molar refractivity (Wildman–Crippen MR) is 71.4 cm³/mol. The fraction of sp³-hybridized carbons (Fsp3) is 0.500. The van der Waals surface area contributed by atoms with Crippen molar-refractivity contribution in [2.45, 2.75) is 33.2 Å². The highest BCUT2D eigenvalue weighted by Gasteiger charge is 2.09. The van der Waals surface area contributed by atoms with Crippen molar-refractivity contribution in [3.05, 3.63) is 35.5 Å². The second-order valence-corrected chi connectivity index (χ2v) is 4.17. The molecule has 0 unspecified atom stereocenters. The number of unbranched alkanes of at least 4 members (excludes halogenated alkanes) is 1. The number of nitrogens with one attached hydrogen (secondary N) is 1. The van der Waals surface area contributed by atoms with Crippen LogP contribution in [0.4, 0.5) is 0 Å². The predicted octanol–water partition coefficient (Wildman–Crippen LogP) is 2.76. The van der Waals surface area contributed by atoms with Crippen LogP contribution >= 0.6 is 0 Å². The third kappa shape index (κ3) is 4.19. The van der Waals surface area contributed by atoms with Gasteiger partial charge in [0.1, 0.15) is 0 Å². The Morgan fingerprint density at radius 1 is 1.47 bits per heavy atom. The molecule has 17 heavy (non-hydrogen) atoms. The van der Waals surface area contributed by atoms with Crippen molar-refractivity contribution in [2.75, 3.05) is 13.7 Å². The number of allylic oxidation sites excluding steroid dienone is 1. The van der Waals surface area contributed by atoms with Crippen LogP contribution in [0.15, 0.2) is 18.7 Å². The molecule has 0 aliphatic carbocycles. The summed E-state index contributed by atoms with van der Waals surface area (Å²) in [5, 5.41) is 3.15. The lowest BCUT2D eigenvalue weighted by molar-refractivity contribution is 0.295. The van der Waals surface area contributed by atoms with Crippen molar-refractivity contribution < 1.29 is 4.74 Å². The number of ether oxygens (including phenoxy) is 1. The van der Waals surface area contributed by atoms with E-state index < -0.39 is 0 Å². The molecule has 3 heteroatoms. The molecule has 1 heterocycles. The Morgan fingerprint density at radius 3 is 2.88 bits per heavy atom. The standard InChI is InChI=1S/C14H22N2O/c1-5-6-7-8-17-14-13(10-15-4)11(2)9-12(3)16-14/h5,9,15H,1,6-8,10H2,2-4H3. The number of hydrogen-bond acceptors (Lipinski definition) is 3. The Kier molecular flexibility index (Phi) is 5.70. The SMILES string of the molecule is C=CCCCOc1nc(C)cc(C)c1CNC. The monoisotopic (exact) mass is 234 g/mol. The zero-order valence-electron chi connectivity index (χ0n) is 11.0. The molecule has 0 bridgehead atoms. The third-order valence-corrected chi connectivity index (χ3v) is 2.58. The largest absolute Gasteiger partial charge is 0.477 e. The Labute approximate surface area is 104 Å². The average molecular weight is 234 g/mol. The maximum atomic E-state index is 5.75. The topological polar surface area (TPSA) is 34.1 Å². The average Bonchev–Trinajstić information content (AvgIpc) is 2.29. The van der Waals surface area contributed by atoms with Crippen molar-refractivity contribution >= 4 is 0 Å². The summed E-state index contributed by atoms with van der Waals surface area (Å²) in [4.78, 5) is 4.46. The maximum Gasteiger partial charge on any atom is 0.218 e. The molecule has 1 aromatic rings. The van der Waals surface area contributed by atoms with Gasteiger partial charge in [-0.15, -0.1) is 6.58 Å². The van der Waals surface area contributed by atoms with E-state index in [1.807, 2.05) is 20.0 Å². The van der Waals surface area contributed by atoms with Crippen LogP contribution in [0.5, 0.6) is 5.88 Å². The zero-order chi connectivity index (χ0) is 12.7. The summed E-state index contributed by atoms with van der Waals surface area (Å²) in [6.07, 6.45) is 3.87. The summed E-state index contributed by atoms with van der Waals surface area (Å²) in [5.74, 6) is 0.765. The summed E-state index contributed by atoms with van der Waals surface area (Å²) in [6, 6.07) is 2.09. The van der Waals surface area contributed by atoms with Gasteiger partial charge in [-0.2, -0.15) is 0 Å². The van der Waals surface area contributed by atoms with Gasteiger partial charge in [0.25, 0.3) is 0 Å². The van der Waals surface area contributed by atoms with Crippen LogP contribution in [0.2, 0.25) is 0 Å². The fourth-order valence-electron chi connectivity index (χ4n) is 1.74. The Balaban J connectivity index is 2.76. The number of rotatable bonds is 7. The molecule has 1 aromatic heterocycles. The van der Waals surface area contributed by atoms with Gasteiger partial charge in [-0.05, 0) is 45.4 Å². The normalized spacial score (nSPS) is 10.3. The first-order chi connectivity index (χ1) is 8.19. The van der Waals surface area contributed by atoms with Gasteiger partial charge < -0.3 is 10.1 Å². The first-order valence-electron chi connectivity index (χ1n) is 6.04. The summed E-state index contributed by atoms with van der Waals surface area (Å²) in [5.41, 5.74) is 3.38. The van der Waals surface area contributed by atoms with Crippen molar-refractivity contribution in [3.63, 3.8) is 0 Å². The lowest BCUT2D eigenvalue weighted by Crippen LogP contribution is -2.11. The van der Waals surface area contributed by atoms with E-state index in [1.165, 1.54) is 5.56 Å². The van der Waals surface area contributed by atoms with Gasteiger partial charge in [-0.25, -0.2) is 4.98 Å². The van der Waals surface area contributed by atoms with Crippen LogP contribution in [-0.2, 0) is 6.54 Å². The molecular weight excluding hydrogens is 212 g/mol. The summed E-state index contributed by atoms with van der Waals surface area (Å²) in [6.45, 7) is 9.27. The van der Waals surface area contributed by atoms with Crippen LogP contribution in [0.3, 0.4) is 0 Å². The quantitative estimate of drug-likeness (QED) is 0.582. The van der Waals surface area contributed by atoms with E-state index in [4.69, 9.17) is 4.74 Å². The number of pyridine rings is 1. The van der Waals surface area contributed by atoms with E-state index in [0.29, 0.717) is 6.61 Å². The number of nitrogens with zero attached hydrogens (tertiary/aromatic N) is 1. The molecule has 0 saturated heterocycles. The van der Waals surface area contributed by atoms with Crippen molar-refractivity contribution in [2.24, 2.45) is 0 Å². The number of hydrogen-bond donors (Lipinski definition) is 1. The molecule has 0 amide bonds. The molecule has 0 saturated carbocycles. The molecular formula is C14H22N2O. The summed E-state index contributed by atoms with van der Waals surface area (Å²) < 4.78 is 5.75. The lowest BCUT2D eigenvalue weighted by atomic mass is 10.1. The van der Waals surface area contributed by atoms with E-state index >= 15 is 0 Å². The molecule has 1 rings (SSSR count). The molecule has 0 aromatic carbocycles. The van der Waals surface area contributed by atoms with Crippen molar-refractivity contribution in [1.29, 1.82) is 0 Å². The van der Waals surface area contributed by atoms with E-state index in [-0.39, 0.29) is 0 Å². The maximum absolute atomic E-state index is 5.75. The van der Waals surface area contributed by atoms with E-state index in [2.05, 4.69) is 29.9 Å². The minimum Gasteiger partial charge on any atom is -0.477 e. The lowest BCUT2D eigenvalue weighted by Gasteiger charge is -2.13. The van der Waals surface area contributed by atoms with Gasteiger partial charge in [-0.3, -0.25) is 0 Å². The van der Waals surface area contributed by atoms with E-state index in [1.54, 1.807) is 0 Å². The van der Waals surface area contributed by atoms with E-state index in [9.17, 15) is 0 Å². The van der Waals surface area contributed by atoms with Crippen LogP contribution < -0.4 is 10.1 Å². The van der Waals surface area contributed by atoms with Crippen molar-refractivity contribution in [3.8, 4) is 5.88 Å². The number of aryl methyl sites for hydroxylation is 2. The Bertz CT molecular complexity index is 375. The molecule has 94 valence electrons. The molecule has 1 N–H and O–H groups in total. The molecule has 0 aliphatic heterocycles. The molecule has 0 radical (unpaired) electrons. The smallest absolute Gasteiger partial charge is 0.218 e. The van der Waals surface area contributed by atoms with Crippen LogP contribution in [0.1, 0.15) is 29.7 Å². The molecule has 0 atom stereocenters. The molecule has 0 spiro atoms. The van der Waals surface area contributed by atoms with Gasteiger partial charge in [0.05, 0.1) is 6.61 Å². The van der Waals surface area contributed by atoms with Crippen molar-refractivity contribution in [1.82, 2.24) is 10.3 Å². The van der Waals surface area contributed by atoms with Crippen LogP contribution in [0.25, 0.3) is 0 Å². The first-order valence-corrected chi connectivity index (χ1v) is 6.04. The Morgan fingerprint density at radius 2 is 2.24 bits per heavy atom. The van der Waals surface area contributed by atoms with Gasteiger partial charge in [-0.1, -0.05) is 6.08 Å². The summed E-state index contributed by atoms with van der Waals surface area (Å²) in [7, 11) is 1.93. The van der Waals surface area contributed by atoms with Gasteiger partial charge >= 0.3 is 0 Å². The highest BCUT2D eigenvalue weighted by Crippen LogP contribution is 2.21. The zero-order valence-corrected chi connectivity index (χ0v) is 11.0. The second-order valence-electron chi connectivity index (χ2n) is 4.17. The van der Waals surface area contributed by atoms with Gasteiger partial charge in [0.15, 0.2) is 0 Å². The molecule has 0 aliphatic rings. The molecule has 0 fully saturated rings. The summed E-state index contributed by atoms with van der Waals surface area (Å²) >= 11 is 0. The van der Waals surface area contributed by atoms with Crippen LogP contribution in [-0.4, -0.2) is 18.6 Å². The highest BCUT2D eigenvalue weighted by atomic mass is 16.5. The highest BCUT2D eigenvalue weighted by molar-refractivity contribution is 5.35. The molecule has 3 nitrogen and oxygen atoms in total. The Hall–Kier alpha value is -1.35. The minimum absolute atomic E-state index is 0.693. The van der Waals surface area contributed by atoms with Crippen LogP contribution in [0, 0.1) is 13.8 Å². The fourth-order valence-corrected chi connectivity index (χ4v) is 1.74. The van der Waals surface area contributed by atoms with Gasteiger partial charge in [0, 0.05) is 17.8 Å². The van der Waals surface area contributed by atoms with Gasteiger partial charge in [0.2, 0.25) is 5.88 Å². The van der Waals surface area contributed by atoms with E-state index in [0.717, 1.165) is 36.5 Å². The second kappa shape index (κ2) is 7.07. The third-order valence-electron chi connectivity index (χ3n) is 2.58. The number of aromatic nitrogens is 1. The first kappa shape index (κ1) is 13.7.